The first kappa shape index (κ1) is 15.5. The molecular weight excluding hydrogens is 288 g/mol. The van der Waals surface area contributed by atoms with Crippen molar-refractivity contribution in [2.24, 2.45) is 11.8 Å². The summed E-state index contributed by atoms with van der Waals surface area (Å²) < 4.78 is 0. The van der Waals surface area contributed by atoms with Crippen LogP contribution in [0, 0.1) is 23.2 Å². The Hall–Kier alpha value is -2.41. The number of ketones is 1. The summed E-state index contributed by atoms with van der Waals surface area (Å²) in [4.78, 5) is 27.5. The van der Waals surface area contributed by atoms with Gasteiger partial charge in [-0.25, -0.2) is 0 Å². The van der Waals surface area contributed by atoms with E-state index >= 15 is 0 Å². The molecule has 1 aromatic carbocycles. The molecule has 0 aromatic heterocycles. The first-order valence-electron chi connectivity index (χ1n) is 8.08. The van der Waals surface area contributed by atoms with E-state index in [1.807, 2.05) is 55.1 Å². The van der Waals surface area contributed by atoms with Crippen molar-refractivity contribution < 1.29 is 9.59 Å². The Kier molecular flexibility index (Phi) is 3.81. The molecule has 1 amide bonds. The Balaban J connectivity index is 2.28. The van der Waals surface area contributed by atoms with Gasteiger partial charge in [-0.1, -0.05) is 37.3 Å². The minimum absolute atomic E-state index is 0.00884. The molecule has 0 N–H and O–H groups in total. The molecule has 0 radical (unpaired) electrons. The first-order chi connectivity index (χ1) is 11.1. The monoisotopic (exact) mass is 308 g/mol. The van der Waals surface area contributed by atoms with Gasteiger partial charge in [0.2, 0.25) is 5.91 Å². The summed E-state index contributed by atoms with van der Waals surface area (Å²) in [6.45, 7) is 5.12. The average molecular weight is 308 g/mol. The Labute approximate surface area is 136 Å². The third kappa shape index (κ3) is 2.11. The van der Waals surface area contributed by atoms with Crippen molar-refractivity contribution in [2.75, 3.05) is 13.1 Å². The molecule has 0 bridgehead atoms. The van der Waals surface area contributed by atoms with E-state index in [4.69, 9.17) is 0 Å². The molecule has 3 rings (SSSR count). The standard InChI is InChI=1S/C19H20N2O2/c1-3-21-10-9-16-13(2)17(22)14(12-20)11-19(16,18(21)23)15-7-5-4-6-8-15/h4-8,11,13,16H,3,9-10H2,1-2H3/t13-,16+,19-/m1/s1. The van der Waals surface area contributed by atoms with Gasteiger partial charge in [0.1, 0.15) is 6.07 Å². The van der Waals surface area contributed by atoms with E-state index in [1.54, 1.807) is 6.08 Å². The maximum absolute atomic E-state index is 13.3. The van der Waals surface area contributed by atoms with Gasteiger partial charge in [0.15, 0.2) is 5.78 Å². The minimum atomic E-state index is -0.895. The molecule has 2 aliphatic rings. The van der Waals surface area contributed by atoms with Crippen LogP contribution in [0.25, 0.3) is 0 Å². The topological polar surface area (TPSA) is 61.2 Å². The van der Waals surface area contributed by atoms with Crippen LogP contribution in [0.3, 0.4) is 0 Å². The number of amides is 1. The number of likely N-dealkylation sites (N-methyl/N-ethyl adjacent to an activating group) is 1. The van der Waals surface area contributed by atoms with Gasteiger partial charge in [0.25, 0.3) is 0 Å². The highest BCUT2D eigenvalue weighted by molar-refractivity contribution is 6.06. The van der Waals surface area contributed by atoms with Crippen molar-refractivity contribution in [3.05, 3.63) is 47.5 Å². The fourth-order valence-corrected chi connectivity index (χ4v) is 4.11. The lowest BCUT2D eigenvalue weighted by atomic mass is 9.57. The van der Waals surface area contributed by atoms with Gasteiger partial charge < -0.3 is 4.90 Å². The van der Waals surface area contributed by atoms with Gasteiger partial charge in [-0.2, -0.15) is 5.26 Å². The second-order valence-electron chi connectivity index (χ2n) is 6.34. The Morgan fingerprint density at radius 2 is 2.00 bits per heavy atom. The SMILES string of the molecule is CCN1CC[C@H]2[C@@H](C)C(=O)C(C#N)=C[C@]2(c2ccccc2)C1=O. The zero-order valence-corrected chi connectivity index (χ0v) is 13.5. The van der Waals surface area contributed by atoms with Crippen molar-refractivity contribution in [2.45, 2.75) is 25.7 Å². The predicted molar refractivity (Wildman–Crippen MR) is 86.3 cm³/mol. The molecule has 118 valence electrons. The van der Waals surface area contributed by atoms with Crippen LogP contribution in [0.4, 0.5) is 0 Å². The van der Waals surface area contributed by atoms with E-state index in [0.717, 1.165) is 12.0 Å². The summed E-state index contributed by atoms with van der Waals surface area (Å²) in [7, 11) is 0. The summed E-state index contributed by atoms with van der Waals surface area (Å²) in [6, 6.07) is 11.6. The second kappa shape index (κ2) is 5.66. The van der Waals surface area contributed by atoms with E-state index < -0.39 is 5.41 Å². The Bertz CT molecular complexity index is 717. The predicted octanol–water partition coefficient (Wildman–Crippen LogP) is 2.46. The zero-order chi connectivity index (χ0) is 16.6. The number of nitriles is 1. The van der Waals surface area contributed by atoms with E-state index in [0.29, 0.717) is 13.1 Å². The number of carbonyl (C=O) groups is 2. The van der Waals surface area contributed by atoms with Gasteiger partial charge in [0, 0.05) is 19.0 Å². The number of piperidine rings is 1. The summed E-state index contributed by atoms with van der Waals surface area (Å²) in [5.74, 6) is -0.543. The smallest absolute Gasteiger partial charge is 0.237 e. The molecule has 3 atom stereocenters. The van der Waals surface area contributed by atoms with E-state index in [9.17, 15) is 14.9 Å². The summed E-state index contributed by atoms with van der Waals surface area (Å²) >= 11 is 0. The number of hydrogen-bond donors (Lipinski definition) is 0. The van der Waals surface area contributed by atoms with Crippen LogP contribution in [-0.2, 0) is 15.0 Å². The van der Waals surface area contributed by atoms with Crippen LogP contribution in [0.15, 0.2) is 42.0 Å². The van der Waals surface area contributed by atoms with Crippen LogP contribution in [0.5, 0.6) is 0 Å². The molecule has 0 saturated carbocycles. The van der Waals surface area contributed by atoms with Crippen LogP contribution in [0.2, 0.25) is 0 Å². The van der Waals surface area contributed by atoms with Crippen LogP contribution < -0.4 is 0 Å². The lowest BCUT2D eigenvalue weighted by molar-refractivity contribution is -0.144. The van der Waals surface area contributed by atoms with Crippen molar-refractivity contribution >= 4 is 11.7 Å². The number of nitrogens with zero attached hydrogens (tertiary/aromatic N) is 2. The fourth-order valence-electron chi connectivity index (χ4n) is 4.11. The molecule has 1 fully saturated rings. The number of benzene rings is 1. The number of rotatable bonds is 2. The molecule has 0 spiro atoms. The second-order valence-corrected chi connectivity index (χ2v) is 6.34. The van der Waals surface area contributed by atoms with Crippen LogP contribution in [0.1, 0.15) is 25.8 Å². The van der Waals surface area contributed by atoms with Gasteiger partial charge in [-0.3, -0.25) is 9.59 Å². The van der Waals surface area contributed by atoms with Gasteiger partial charge in [0.05, 0.1) is 11.0 Å². The molecule has 1 heterocycles. The minimum Gasteiger partial charge on any atom is -0.342 e. The molecule has 1 aliphatic heterocycles. The molecule has 0 unspecified atom stereocenters. The third-order valence-corrected chi connectivity index (χ3v) is 5.34. The lowest BCUT2D eigenvalue weighted by Crippen LogP contribution is -2.59. The molecular formula is C19H20N2O2. The Morgan fingerprint density at radius 1 is 1.30 bits per heavy atom. The van der Waals surface area contributed by atoms with Gasteiger partial charge in [-0.05, 0) is 30.9 Å². The normalized spacial score (nSPS) is 30.5. The molecule has 1 aromatic rings. The molecule has 1 aliphatic carbocycles. The molecule has 4 heteroatoms. The number of carbonyl (C=O) groups excluding carboxylic acids is 2. The van der Waals surface area contributed by atoms with E-state index in [2.05, 4.69) is 0 Å². The van der Waals surface area contributed by atoms with Crippen molar-refractivity contribution in [3.8, 4) is 6.07 Å². The highest BCUT2D eigenvalue weighted by Crippen LogP contribution is 2.48. The summed E-state index contributed by atoms with van der Waals surface area (Å²) in [5, 5.41) is 9.38. The maximum Gasteiger partial charge on any atom is 0.237 e. The number of allylic oxidation sites excluding steroid dienone is 1. The van der Waals surface area contributed by atoms with Crippen molar-refractivity contribution in [1.29, 1.82) is 5.26 Å². The number of hydrogen-bond acceptors (Lipinski definition) is 3. The summed E-state index contributed by atoms with van der Waals surface area (Å²) in [6.07, 6.45) is 2.41. The highest BCUT2D eigenvalue weighted by atomic mass is 16.2. The average Bonchev–Trinajstić information content (AvgIpc) is 2.59. The quantitative estimate of drug-likeness (QED) is 0.843. The van der Waals surface area contributed by atoms with Crippen LogP contribution >= 0.6 is 0 Å². The number of Topliss-reactive ketones (excluding diaryl/α,β-unsaturated/α-hetero) is 1. The van der Waals surface area contributed by atoms with Crippen LogP contribution in [-0.4, -0.2) is 29.7 Å². The Morgan fingerprint density at radius 3 is 2.61 bits per heavy atom. The molecule has 1 saturated heterocycles. The molecule has 23 heavy (non-hydrogen) atoms. The molecule has 4 nitrogen and oxygen atoms in total. The highest BCUT2D eigenvalue weighted by Gasteiger charge is 2.56. The summed E-state index contributed by atoms with van der Waals surface area (Å²) in [5.41, 5.74) is 0.0950. The maximum atomic E-state index is 13.3. The van der Waals surface area contributed by atoms with E-state index in [-0.39, 0.29) is 29.1 Å². The zero-order valence-electron chi connectivity index (χ0n) is 13.5. The third-order valence-electron chi connectivity index (χ3n) is 5.34. The number of fused-ring (bicyclic) bond motifs is 1. The lowest BCUT2D eigenvalue weighted by Gasteiger charge is -2.49. The van der Waals surface area contributed by atoms with Crippen molar-refractivity contribution in [1.82, 2.24) is 4.90 Å². The largest absolute Gasteiger partial charge is 0.342 e. The van der Waals surface area contributed by atoms with E-state index in [1.165, 1.54) is 0 Å². The van der Waals surface area contributed by atoms with Crippen molar-refractivity contribution in [3.63, 3.8) is 0 Å². The fraction of sp³-hybridized carbons (Fsp3) is 0.421. The first-order valence-corrected chi connectivity index (χ1v) is 8.08. The number of likely N-dealkylation sites (tertiary alicyclic amines) is 1. The van der Waals surface area contributed by atoms with Gasteiger partial charge in [-0.15, -0.1) is 0 Å². The van der Waals surface area contributed by atoms with Gasteiger partial charge >= 0.3 is 0 Å².